The molecular formula is C25H29N5OS. The van der Waals surface area contributed by atoms with Crippen LogP contribution in [0.1, 0.15) is 62.1 Å². The Balaban J connectivity index is 1.76. The summed E-state index contributed by atoms with van der Waals surface area (Å²) in [5, 5.41) is 7.12. The molecule has 0 bridgehead atoms. The highest BCUT2D eigenvalue weighted by Crippen LogP contribution is 2.42. The average molecular weight is 448 g/mol. The molecule has 1 amide bonds. The second-order valence-corrected chi connectivity index (χ2v) is 8.77. The third-order valence-corrected chi connectivity index (χ3v) is 6.17. The van der Waals surface area contributed by atoms with E-state index in [1.165, 1.54) is 5.56 Å². The van der Waals surface area contributed by atoms with E-state index in [0.717, 1.165) is 22.6 Å². The van der Waals surface area contributed by atoms with Crippen molar-refractivity contribution in [1.82, 2.24) is 14.9 Å². The van der Waals surface area contributed by atoms with Gasteiger partial charge in [0, 0.05) is 42.4 Å². The van der Waals surface area contributed by atoms with Crippen LogP contribution in [0.25, 0.3) is 0 Å². The molecule has 0 unspecified atom stereocenters. The van der Waals surface area contributed by atoms with Crippen molar-refractivity contribution in [1.29, 1.82) is 0 Å². The lowest BCUT2D eigenvalue weighted by atomic mass is 9.98. The summed E-state index contributed by atoms with van der Waals surface area (Å²) in [6, 6.07) is 14.4. The number of aryl methyl sites for hydroxylation is 1. The Morgan fingerprint density at radius 1 is 1.25 bits per heavy atom. The maximum Gasteiger partial charge on any atom is 0.224 e. The first-order chi connectivity index (χ1) is 15.4. The van der Waals surface area contributed by atoms with Crippen molar-refractivity contribution in [2.24, 2.45) is 0 Å². The number of hydrogen-bond acceptors (Lipinski definition) is 3. The molecule has 0 saturated carbocycles. The summed E-state index contributed by atoms with van der Waals surface area (Å²) in [5.41, 5.74) is 4.91. The third-order valence-electron chi connectivity index (χ3n) is 5.86. The molecule has 1 aliphatic heterocycles. The minimum absolute atomic E-state index is 0.00216. The van der Waals surface area contributed by atoms with Gasteiger partial charge in [-0.2, -0.15) is 0 Å². The van der Waals surface area contributed by atoms with E-state index in [4.69, 9.17) is 12.2 Å². The monoisotopic (exact) mass is 447 g/mol. The minimum atomic E-state index is -0.0773. The normalized spacial score (nSPS) is 18.2. The van der Waals surface area contributed by atoms with E-state index in [-0.39, 0.29) is 18.0 Å². The summed E-state index contributed by atoms with van der Waals surface area (Å²) >= 11 is 5.81. The van der Waals surface area contributed by atoms with Crippen LogP contribution in [0.2, 0.25) is 0 Å². The molecule has 6 nitrogen and oxygen atoms in total. The number of carbonyl (C=O) groups is 1. The zero-order chi connectivity index (χ0) is 22.8. The van der Waals surface area contributed by atoms with Gasteiger partial charge in [0.15, 0.2) is 5.11 Å². The number of hydrogen-bond donors (Lipinski definition) is 2. The summed E-state index contributed by atoms with van der Waals surface area (Å²) < 4.78 is 2.21. The van der Waals surface area contributed by atoms with Crippen molar-refractivity contribution in [2.75, 3.05) is 10.2 Å². The number of pyridine rings is 1. The van der Waals surface area contributed by atoms with Crippen molar-refractivity contribution in [3.63, 3.8) is 0 Å². The summed E-state index contributed by atoms with van der Waals surface area (Å²) in [4.78, 5) is 18.6. The van der Waals surface area contributed by atoms with Crippen LogP contribution in [0.5, 0.6) is 0 Å². The van der Waals surface area contributed by atoms with Gasteiger partial charge in [-0.3, -0.25) is 9.78 Å². The average Bonchev–Trinajstić information content (AvgIpc) is 3.40. The fourth-order valence-electron chi connectivity index (χ4n) is 4.07. The van der Waals surface area contributed by atoms with E-state index >= 15 is 0 Å². The van der Waals surface area contributed by atoms with Gasteiger partial charge in [-0.25, -0.2) is 0 Å². The largest absolute Gasteiger partial charge is 0.351 e. The molecule has 0 spiro atoms. The predicted molar refractivity (Wildman–Crippen MR) is 133 cm³/mol. The number of carbonyl (C=O) groups excluding carboxylic acids is 1. The van der Waals surface area contributed by atoms with Crippen molar-refractivity contribution >= 4 is 34.6 Å². The van der Waals surface area contributed by atoms with Crippen molar-refractivity contribution in [2.45, 2.75) is 52.2 Å². The first kappa shape index (κ1) is 22.0. The van der Waals surface area contributed by atoms with Gasteiger partial charge in [0.1, 0.15) is 0 Å². The summed E-state index contributed by atoms with van der Waals surface area (Å²) in [5.74, 6) is 0.00216. The molecule has 2 N–H and O–H groups in total. The van der Waals surface area contributed by atoms with Crippen LogP contribution in [-0.4, -0.2) is 20.6 Å². The first-order valence-electron chi connectivity index (χ1n) is 11.0. The number of rotatable bonds is 6. The van der Waals surface area contributed by atoms with E-state index in [1.54, 1.807) is 0 Å². The Labute approximate surface area is 194 Å². The number of thiocarbonyl (C=S) groups is 1. The molecule has 3 aromatic rings. The molecule has 7 heteroatoms. The molecule has 166 valence electrons. The second-order valence-electron chi connectivity index (χ2n) is 8.38. The lowest BCUT2D eigenvalue weighted by Gasteiger charge is -2.28. The van der Waals surface area contributed by atoms with Gasteiger partial charge in [-0.15, -0.1) is 0 Å². The smallest absolute Gasteiger partial charge is 0.224 e. The van der Waals surface area contributed by atoms with E-state index < -0.39 is 0 Å². The van der Waals surface area contributed by atoms with Crippen LogP contribution in [0, 0.1) is 6.92 Å². The number of amides is 1. The van der Waals surface area contributed by atoms with Gasteiger partial charge >= 0.3 is 0 Å². The van der Waals surface area contributed by atoms with E-state index in [2.05, 4.69) is 63.5 Å². The minimum Gasteiger partial charge on any atom is -0.351 e. The van der Waals surface area contributed by atoms with Crippen molar-refractivity contribution in [3.8, 4) is 0 Å². The quantitative estimate of drug-likeness (QED) is 0.502. The fraction of sp³-hybridized carbons (Fsp3) is 0.320. The molecule has 2 aromatic heterocycles. The second kappa shape index (κ2) is 9.12. The summed E-state index contributed by atoms with van der Waals surface area (Å²) in [6.45, 7) is 8.19. The first-order valence-corrected chi connectivity index (χ1v) is 11.4. The highest BCUT2D eigenvalue weighted by molar-refractivity contribution is 7.80. The molecule has 32 heavy (non-hydrogen) atoms. The fourth-order valence-corrected chi connectivity index (χ4v) is 4.42. The third kappa shape index (κ3) is 4.25. The van der Waals surface area contributed by atoms with Crippen LogP contribution in [0.3, 0.4) is 0 Å². The molecule has 1 fully saturated rings. The van der Waals surface area contributed by atoms with Gasteiger partial charge in [-0.1, -0.05) is 13.0 Å². The molecule has 1 saturated heterocycles. The number of nitrogens with one attached hydrogen (secondary N) is 2. The topological polar surface area (TPSA) is 62.2 Å². The van der Waals surface area contributed by atoms with Crippen LogP contribution in [0.4, 0.5) is 11.4 Å². The molecule has 0 aliphatic carbocycles. The zero-order valence-corrected chi connectivity index (χ0v) is 19.7. The Hall–Kier alpha value is -3.19. The van der Waals surface area contributed by atoms with Gasteiger partial charge in [0.2, 0.25) is 5.91 Å². The molecule has 1 aliphatic rings. The van der Waals surface area contributed by atoms with Crippen molar-refractivity contribution in [3.05, 3.63) is 77.9 Å². The molecule has 1 aromatic carbocycles. The molecule has 4 rings (SSSR count). The van der Waals surface area contributed by atoms with E-state index in [0.29, 0.717) is 17.6 Å². The standard InChI is InChI=1S/C25H29N5OS/c1-5-22(31)27-20-10-9-19(14-17(20)4)30-24(18-11-13-29(15-18)16(2)3)23(28-25(30)32)21-8-6-7-12-26-21/h6-16,23-24H,5H2,1-4H3,(H,27,31)(H,28,32)/t23-,24+/m0/s1. The Kier molecular flexibility index (Phi) is 6.28. The molecule has 3 heterocycles. The molecule has 0 radical (unpaired) electrons. The van der Waals surface area contributed by atoms with E-state index in [1.807, 2.05) is 50.4 Å². The van der Waals surface area contributed by atoms with Gasteiger partial charge in [-0.05, 0) is 80.5 Å². The number of benzene rings is 1. The van der Waals surface area contributed by atoms with Crippen LogP contribution in [0.15, 0.2) is 61.1 Å². The SMILES string of the molecule is CCC(=O)Nc1ccc(N2C(=S)N[C@@H](c3ccccn3)[C@H]2c2ccn(C(C)C)c2)cc1C. The number of anilines is 2. The van der Waals surface area contributed by atoms with Gasteiger partial charge < -0.3 is 20.1 Å². The summed E-state index contributed by atoms with van der Waals surface area (Å²) in [7, 11) is 0. The Morgan fingerprint density at radius 2 is 2.06 bits per heavy atom. The summed E-state index contributed by atoms with van der Waals surface area (Å²) in [6.07, 6.45) is 6.57. The Bertz CT molecular complexity index is 1120. The molecule has 2 atom stereocenters. The number of aromatic nitrogens is 2. The van der Waals surface area contributed by atoms with Gasteiger partial charge in [0.05, 0.1) is 17.8 Å². The van der Waals surface area contributed by atoms with E-state index in [9.17, 15) is 4.79 Å². The molecular weight excluding hydrogens is 418 g/mol. The number of nitrogens with zero attached hydrogens (tertiary/aromatic N) is 3. The van der Waals surface area contributed by atoms with Crippen molar-refractivity contribution < 1.29 is 4.79 Å². The predicted octanol–water partition coefficient (Wildman–Crippen LogP) is 5.30. The van der Waals surface area contributed by atoms with Crippen LogP contribution in [-0.2, 0) is 4.79 Å². The maximum absolute atomic E-state index is 11.9. The lowest BCUT2D eigenvalue weighted by Crippen LogP contribution is -2.29. The van der Waals surface area contributed by atoms with Crippen LogP contribution < -0.4 is 15.5 Å². The maximum atomic E-state index is 11.9. The van der Waals surface area contributed by atoms with Gasteiger partial charge in [0.25, 0.3) is 0 Å². The van der Waals surface area contributed by atoms with Crippen LogP contribution >= 0.6 is 12.2 Å². The highest BCUT2D eigenvalue weighted by Gasteiger charge is 2.41. The Morgan fingerprint density at radius 3 is 2.69 bits per heavy atom. The highest BCUT2D eigenvalue weighted by atomic mass is 32.1. The zero-order valence-electron chi connectivity index (χ0n) is 18.9. The lowest BCUT2D eigenvalue weighted by molar-refractivity contribution is -0.115.